The van der Waals surface area contributed by atoms with Crippen molar-refractivity contribution < 1.29 is 9.21 Å². The van der Waals surface area contributed by atoms with Crippen LogP contribution in [0.5, 0.6) is 0 Å². The zero-order valence-corrected chi connectivity index (χ0v) is 19.3. The summed E-state index contributed by atoms with van der Waals surface area (Å²) in [6, 6.07) is 13.6. The van der Waals surface area contributed by atoms with Gasteiger partial charge in [-0.05, 0) is 30.7 Å². The summed E-state index contributed by atoms with van der Waals surface area (Å²) in [4.78, 5) is 25.9. The SMILES string of the molecule is CCNC(=NCc1cccc2cccnc12)N1CCN(C(=O)c2ccco2)CC1.I. The second-order valence-electron chi connectivity index (χ2n) is 6.92. The number of aliphatic imine (C=N–C) groups is 1. The van der Waals surface area contributed by atoms with Gasteiger partial charge >= 0.3 is 0 Å². The maximum absolute atomic E-state index is 12.5. The molecule has 2 aromatic heterocycles. The average molecular weight is 519 g/mol. The van der Waals surface area contributed by atoms with E-state index >= 15 is 0 Å². The van der Waals surface area contributed by atoms with Gasteiger partial charge in [-0.25, -0.2) is 4.99 Å². The molecule has 1 N–H and O–H groups in total. The fourth-order valence-electron chi connectivity index (χ4n) is 3.56. The van der Waals surface area contributed by atoms with Crippen molar-refractivity contribution in [2.45, 2.75) is 13.5 Å². The molecule has 1 saturated heterocycles. The molecule has 1 aliphatic rings. The number of nitrogens with one attached hydrogen (secondary N) is 1. The molecule has 0 aliphatic carbocycles. The Morgan fingerprint density at radius 3 is 2.60 bits per heavy atom. The maximum atomic E-state index is 12.5. The van der Waals surface area contributed by atoms with Gasteiger partial charge in [0.25, 0.3) is 5.91 Å². The second kappa shape index (κ2) is 10.4. The highest BCUT2D eigenvalue weighted by molar-refractivity contribution is 14.0. The predicted molar refractivity (Wildman–Crippen MR) is 128 cm³/mol. The summed E-state index contributed by atoms with van der Waals surface area (Å²) in [5.41, 5.74) is 2.09. The van der Waals surface area contributed by atoms with Crippen LogP contribution in [0, 0.1) is 0 Å². The number of hydrogen-bond donors (Lipinski definition) is 1. The number of rotatable bonds is 4. The minimum absolute atomic E-state index is 0. The van der Waals surface area contributed by atoms with Gasteiger partial charge in [0.2, 0.25) is 0 Å². The Morgan fingerprint density at radius 2 is 1.87 bits per heavy atom. The first kappa shape index (κ1) is 22.1. The van der Waals surface area contributed by atoms with Crippen LogP contribution in [0.4, 0.5) is 0 Å². The minimum Gasteiger partial charge on any atom is -0.459 e. The van der Waals surface area contributed by atoms with Gasteiger partial charge in [-0.3, -0.25) is 9.78 Å². The van der Waals surface area contributed by atoms with Gasteiger partial charge in [0.15, 0.2) is 11.7 Å². The Morgan fingerprint density at radius 1 is 1.10 bits per heavy atom. The molecule has 0 bridgehead atoms. The summed E-state index contributed by atoms with van der Waals surface area (Å²) in [6.07, 6.45) is 3.34. The molecule has 158 valence electrons. The molecule has 7 nitrogen and oxygen atoms in total. The van der Waals surface area contributed by atoms with Gasteiger partial charge in [0.1, 0.15) is 0 Å². The van der Waals surface area contributed by atoms with Crippen molar-refractivity contribution in [2.75, 3.05) is 32.7 Å². The number of benzene rings is 1. The number of para-hydroxylation sites is 1. The van der Waals surface area contributed by atoms with E-state index in [9.17, 15) is 4.79 Å². The number of pyridine rings is 1. The zero-order valence-electron chi connectivity index (χ0n) is 17.0. The smallest absolute Gasteiger partial charge is 0.289 e. The molecule has 3 heterocycles. The van der Waals surface area contributed by atoms with Gasteiger partial charge in [-0.1, -0.05) is 24.3 Å². The van der Waals surface area contributed by atoms with Gasteiger partial charge in [0.05, 0.1) is 18.3 Å². The van der Waals surface area contributed by atoms with E-state index in [0.717, 1.165) is 42.1 Å². The Balaban J connectivity index is 0.00000256. The van der Waals surface area contributed by atoms with Gasteiger partial charge in [0, 0.05) is 44.3 Å². The van der Waals surface area contributed by atoms with Gasteiger partial charge < -0.3 is 19.5 Å². The summed E-state index contributed by atoms with van der Waals surface area (Å²) in [6.45, 7) is 6.14. The molecule has 0 spiro atoms. The number of carbonyl (C=O) groups excluding carboxylic acids is 1. The van der Waals surface area contributed by atoms with E-state index in [0.29, 0.717) is 25.4 Å². The molecule has 1 aromatic carbocycles. The van der Waals surface area contributed by atoms with Crippen molar-refractivity contribution in [3.63, 3.8) is 0 Å². The molecule has 0 radical (unpaired) electrons. The van der Waals surface area contributed by atoms with E-state index in [1.54, 1.807) is 12.1 Å². The number of fused-ring (bicyclic) bond motifs is 1. The van der Waals surface area contributed by atoms with Crippen molar-refractivity contribution >= 4 is 46.7 Å². The molecule has 1 fully saturated rings. The van der Waals surface area contributed by atoms with Crippen LogP contribution in [0.2, 0.25) is 0 Å². The van der Waals surface area contributed by atoms with Crippen molar-refractivity contribution in [3.05, 3.63) is 66.2 Å². The molecule has 0 atom stereocenters. The fourth-order valence-corrected chi connectivity index (χ4v) is 3.56. The van der Waals surface area contributed by atoms with Crippen LogP contribution >= 0.6 is 24.0 Å². The number of furan rings is 1. The van der Waals surface area contributed by atoms with E-state index in [-0.39, 0.29) is 29.9 Å². The standard InChI is InChI=1S/C22H25N5O2.HI/c1-2-23-22(25-16-18-7-3-6-17-8-4-10-24-20(17)18)27-13-11-26(12-14-27)21(28)19-9-5-15-29-19;/h3-10,15H,2,11-14,16H2,1H3,(H,23,25);1H. The maximum Gasteiger partial charge on any atom is 0.289 e. The fraction of sp³-hybridized carbons (Fsp3) is 0.318. The lowest BCUT2D eigenvalue weighted by Gasteiger charge is -2.36. The molecule has 3 aromatic rings. The molecule has 1 amide bonds. The molecular formula is C22H26IN5O2. The Labute approximate surface area is 193 Å². The van der Waals surface area contributed by atoms with Crippen LogP contribution in [0.15, 0.2) is 64.3 Å². The van der Waals surface area contributed by atoms with Crippen molar-refractivity contribution in [3.8, 4) is 0 Å². The largest absolute Gasteiger partial charge is 0.459 e. The summed E-state index contributed by atoms with van der Waals surface area (Å²) >= 11 is 0. The van der Waals surface area contributed by atoms with Gasteiger partial charge in [-0.15, -0.1) is 24.0 Å². The first-order valence-electron chi connectivity index (χ1n) is 9.95. The normalized spacial score (nSPS) is 14.5. The van der Waals surface area contributed by atoms with E-state index in [1.807, 2.05) is 23.2 Å². The number of nitrogens with zero attached hydrogens (tertiary/aromatic N) is 4. The quantitative estimate of drug-likeness (QED) is 0.325. The number of halogens is 1. The lowest BCUT2D eigenvalue weighted by Crippen LogP contribution is -2.53. The number of amides is 1. The number of carbonyl (C=O) groups is 1. The summed E-state index contributed by atoms with van der Waals surface area (Å²) in [5.74, 6) is 1.20. The topological polar surface area (TPSA) is 74.0 Å². The number of piperazine rings is 1. The monoisotopic (exact) mass is 519 g/mol. The molecule has 0 saturated carbocycles. The number of guanidine groups is 1. The first-order valence-corrected chi connectivity index (χ1v) is 9.95. The van der Waals surface area contributed by atoms with Gasteiger partial charge in [-0.2, -0.15) is 0 Å². The van der Waals surface area contributed by atoms with E-state index in [2.05, 4.69) is 40.3 Å². The number of aromatic nitrogens is 1. The molecule has 0 unspecified atom stereocenters. The van der Waals surface area contributed by atoms with E-state index < -0.39 is 0 Å². The van der Waals surface area contributed by atoms with Crippen LogP contribution in [0.25, 0.3) is 10.9 Å². The Bertz CT molecular complexity index is 992. The van der Waals surface area contributed by atoms with Crippen LogP contribution in [-0.4, -0.2) is 59.4 Å². The highest BCUT2D eigenvalue weighted by atomic mass is 127. The molecule has 1 aliphatic heterocycles. The molecule has 30 heavy (non-hydrogen) atoms. The minimum atomic E-state index is -0.0570. The second-order valence-corrected chi connectivity index (χ2v) is 6.92. The van der Waals surface area contributed by atoms with Crippen LogP contribution in [0.1, 0.15) is 23.0 Å². The lowest BCUT2D eigenvalue weighted by atomic mass is 10.1. The van der Waals surface area contributed by atoms with Crippen LogP contribution in [-0.2, 0) is 6.54 Å². The summed E-state index contributed by atoms with van der Waals surface area (Å²) in [7, 11) is 0. The summed E-state index contributed by atoms with van der Waals surface area (Å²) in [5, 5.41) is 4.50. The Kier molecular flexibility index (Phi) is 7.67. The Hall–Kier alpha value is -2.62. The van der Waals surface area contributed by atoms with Crippen LogP contribution in [0.3, 0.4) is 0 Å². The average Bonchev–Trinajstić information content (AvgIpc) is 3.31. The van der Waals surface area contributed by atoms with Crippen molar-refractivity contribution in [2.24, 2.45) is 4.99 Å². The highest BCUT2D eigenvalue weighted by Crippen LogP contribution is 2.17. The summed E-state index contributed by atoms with van der Waals surface area (Å²) < 4.78 is 5.24. The molecule has 8 heteroatoms. The van der Waals surface area contributed by atoms with E-state index in [1.165, 1.54) is 6.26 Å². The van der Waals surface area contributed by atoms with Crippen molar-refractivity contribution in [1.29, 1.82) is 0 Å². The third kappa shape index (κ3) is 4.92. The third-order valence-electron chi connectivity index (χ3n) is 5.05. The van der Waals surface area contributed by atoms with Crippen molar-refractivity contribution in [1.82, 2.24) is 20.1 Å². The number of hydrogen-bond acceptors (Lipinski definition) is 4. The molecular weight excluding hydrogens is 493 g/mol. The first-order chi connectivity index (χ1) is 14.3. The van der Waals surface area contributed by atoms with E-state index in [4.69, 9.17) is 9.41 Å². The zero-order chi connectivity index (χ0) is 20.1. The highest BCUT2D eigenvalue weighted by Gasteiger charge is 2.25. The predicted octanol–water partition coefficient (Wildman–Crippen LogP) is 3.37. The lowest BCUT2D eigenvalue weighted by molar-refractivity contribution is 0.0657. The molecule has 4 rings (SSSR count). The van der Waals surface area contributed by atoms with Crippen LogP contribution < -0.4 is 5.32 Å². The third-order valence-corrected chi connectivity index (χ3v) is 5.05.